The average molecular weight is 193 g/mol. The lowest BCUT2D eigenvalue weighted by atomic mass is 10.1. The second kappa shape index (κ2) is 11.1. The molecule has 0 saturated carbocycles. The number of carboxylic acid groups (broad SMARTS) is 1. The zero-order valence-electron chi connectivity index (χ0n) is 8.16. The number of carbonyl (C=O) groups is 1. The molecule has 0 amide bonds. The van der Waals surface area contributed by atoms with Crippen LogP contribution in [0, 0.1) is 0 Å². The minimum absolute atomic E-state index is 0.125. The third kappa shape index (κ3) is 24.7. The topological polar surface area (TPSA) is 104 Å². The Hall–Kier alpha value is -0.910. The van der Waals surface area contributed by atoms with Crippen molar-refractivity contribution >= 4 is 5.97 Å². The minimum Gasteiger partial charge on any atom is -0.480 e. The molecule has 0 aliphatic rings. The Balaban J connectivity index is -0.000000142. The highest BCUT2D eigenvalue weighted by Crippen LogP contribution is 1.93. The SMILES string of the molecule is C=C.CC(C)(N)C(=O)O.OCCO. The molecule has 0 heterocycles. The summed E-state index contributed by atoms with van der Waals surface area (Å²) in [6.45, 7) is 8.63. The predicted molar refractivity (Wildman–Crippen MR) is 51.3 cm³/mol. The number of hydrogen-bond acceptors (Lipinski definition) is 4. The standard InChI is InChI=1S/C4H9NO2.C2H6O2.C2H4/c1-4(2,5)3(6)7;3-1-2-4;1-2/h5H2,1-2H3,(H,6,7);3-4H,1-2H2;1-2H2. The van der Waals surface area contributed by atoms with E-state index in [-0.39, 0.29) is 13.2 Å². The van der Waals surface area contributed by atoms with Crippen molar-refractivity contribution in [2.75, 3.05) is 13.2 Å². The van der Waals surface area contributed by atoms with Gasteiger partial charge in [0, 0.05) is 0 Å². The lowest BCUT2D eigenvalue weighted by molar-refractivity contribution is -0.141. The van der Waals surface area contributed by atoms with Crippen LogP contribution in [0.5, 0.6) is 0 Å². The average Bonchev–Trinajstić information content (AvgIpc) is 2.07. The maximum atomic E-state index is 9.90. The van der Waals surface area contributed by atoms with Crippen LogP contribution in [0.1, 0.15) is 13.8 Å². The molecule has 0 fully saturated rings. The van der Waals surface area contributed by atoms with Crippen molar-refractivity contribution in [3.8, 4) is 0 Å². The van der Waals surface area contributed by atoms with Crippen LogP contribution >= 0.6 is 0 Å². The van der Waals surface area contributed by atoms with Gasteiger partial charge in [0.25, 0.3) is 0 Å². The van der Waals surface area contributed by atoms with Gasteiger partial charge in [-0.1, -0.05) is 0 Å². The Bertz CT molecular complexity index is 118. The number of nitrogens with two attached hydrogens (primary N) is 1. The first-order valence-corrected chi connectivity index (χ1v) is 3.60. The molecule has 0 bridgehead atoms. The molecule has 0 aromatic carbocycles. The van der Waals surface area contributed by atoms with Gasteiger partial charge in [0.15, 0.2) is 0 Å². The summed E-state index contributed by atoms with van der Waals surface area (Å²) in [4.78, 5) is 9.90. The van der Waals surface area contributed by atoms with Crippen LogP contribution in [-0.4, -0.2) is 40.0 Å². The summed E-state index contributed by atoms with van der Waals surface area (Å²) in [6.07, 6.45) is 0. The van der Waals surface area contributed by atoms with Gasteiger partial charge < -0.3 is 21.1 Å². The Morgan fingerprint density at radius 3 is 1.46 bits per heavy atom. The lowest BCUT2D eigenvalue weighted by Gasteiger charge is -2.09. The van der Waals surface area contributed by atoms with Crippen LogP contribution in [0.2, 0.25) is 0 Å². The molecule has 0 aliphatic carbocycles. The van der Waals surface area contributed by atoms with Crippen molar-refractivity contribution in [3.63, 3.8) is 0 Å². The Kier molecular flexibility index (Phi) is 15.4. The number of aliphatic hydroxyl groups is 2. The second-order valence-corrected chi connectivity index (χ2v) is 2.47. The number of carboxylic acids is 1. The van der Waals surface area contributed by atoms with E-state index in [2.05, 4.69) is 13.2 Å². The van der Waals surface area contributed by atoms with E-state index in [1.165, 1.54) is 13.8 Å². The molecule has 5 nitrogen and oxygen atoms in total. The largest absolute Gasteiger partial charge is 0.480 e. The molecule has 0 aromatic rings. The van der Waals surface area contributed by atoms with Gasteiger partial charge in [-0.25, -0.2) is 0 Å². The highest BCUT2D eigenvalue weighted by Gasteiger charge is 2.19. The van der Waals surface area contributed by atoms with E-state index in [1.54, 1.807) is 0 Å². The molecule has 80 valence electrons. The van der Waals surface area contributed by atoms with Gasteiger partial charge in [0.1, 0.15) is 5.54 Å². The summed E-state index contributed by atoms with van der Waals surface area (Å²) in [5, 5.41) is 23.4. The number of rotatable bonds is 2. The fourth-order valence-electron chi connectivity index (χ4n) is 0. The van der Waals surface area contributed by atoms with Crippen LogP contribution in [0.15, 0.2) is 13.2 Å². The predicted octanol–water partition coefficient (Wildman–Crippen LogP) is -0.418. The number of hydrogen-bond donors (Lipinski definition) is 4. The quantitative estimate of drug-likeness (QED) is 0.446. The van der Waals surface area contributed by atoms with E-state index in [4.69, 9.17) is 21.1 Å². The second-order valence-electron chi connectivity index (χ2n) is 2.47. The zero-order valence-corrected chi connectivity index (χ0v) is 8.16. The molecule has 0 saturated heterocycles. The molecular weight excluding hydrogens is 174 g/mol. The third-order valence-corrected chi connectivity index (χ3v) is 0.651. The fraction of sp³-hybridized carbons (Fsp3) is 0.625. The summed E-state index contributed by atoms with van der Waals surface area (Å²) < 4.78 is 0. The fourth-order valence-corrected chi connectivity index (χ4v) is 0. The summed E-state index contributed by atoms with van der Waals surface area (Å²) in [5.74, 6) is -0.979. The number of aliphatic hydroxyl groups excluding tert-OH is 2. The van der Waals surface area contributed by atoms with E-state index in [1.807, 2.05) is 0 Å². The van der Waals surface area contributed by atoms with Gasteiger partial charge in [-0.2, -0.15) is 0 Å². The van der Waals surface area contributed by atoms with E-state index >= 15 is 0 Å². The normalized spacial score (nSPS) is 8.69. The van der Waals surface area contributed by atoms with E-state index in [0.717, 1.165) is 0 Å². The van der Waals surface area contributed by atoms with Gasteiger partial charge in [-0.3, -0.25) is 4.79 Å². The van der Waals surface area contributed by atoms with Crippen LogP contribution in [0.25, 0.3) is 0 Å². The van der Waals surface area contributed by atoms with Gasteiger partial charge in [-0.15, -0.1) is 13.2 Å². The third-order valence-electron chi connectivity index (χ3n) is 0.651. The lowest BCUT2D eigenvalue weighted by Crippen LogP contribution is -2.41. The molecule has 0 spiro atoms. The summed E-state index contributed by atoms with van der Waals surface area (Å²) in [7, 11) is 0. The molecule has 5 N–H and O–H groups in total. The molecule has 0 unspecified atom stereocenters. The van der Waals surface area contributed by atoms with Crippen molar-refractivity contribution in [2.24, 2.45) is 5.73 Å². The van der Waals surface area contributed by atoms with Crippen LogP contribution < -0.4 is 5.73 Å². The maximum Gasteiger partial charge on any atom is 0.323 e. The molecule has 5 heteroatoms. The van der Waals surface area contributed by atoms with Crippen molar-refractivity contribution in [1.82, 2.24) is 0 Å². The van der Waals surface area contributed by atoms with E-state index in [0.29, 0.717) is 0 Å². The molecule has 0 aliphatic heterocycles. The molecule has 0 aromatic heterocycles. The Labute approximate surface area is 78.5 Å². The van der Waals surface area contributed by atoms with Gasteiger partial charge >= 0.3 is 5.97 Å². The molecular formula is C8H19NO4. The summed E-state index contributed by atoms with van der Waals surface area (Å²) in [5.41, 5.74) is 4.00. The van der Waals surface area contributed by atoms with Gasteiger partial charge in [0.2, 0.25) is 0 Å². The Morgan fingerprint density at radius 1 is 1.31 bits per heavy atom. The van der Waals surface area contributed by atoms with E-state index in [9.17, 15) is 4.79 Å². The van der Waals surface area contributed by atoms with Crippen molar-refractivity contribution in [2.45, 2.75) is 19.4 Å². The van der Waals surface area contributed by atoms with Crippen LogP contribution in [0.3, 0.4) is 0 Å². The van der Waals surface area contributed by atoms with Crippen LogP contribution in [0.4, 0.5) is 0 Å². The maximum absolute atomic E-state index is 9.90. The minimum atomic E-state index is -1.08. The van der Waals surface area contributed by atoms with Crippen LogP contribution in [-0.2, 0) is 4.79 Å². The zero-order chi connectivity index (χ0) is 11.5. The molecule has 13 heavy (non-hydrogen) atoms. The summed E-state index contributed by atoms with van der Waals surface area (Å²) in [6, 6.07) is 0. The Morgan fingerprint density at radius 2 is 1.46 bits per heavy atom. The first-order valence-electron chi connectivity index (χ1n) is 3.60. The summed E-state index contributed by atoms with van der Waals surface area (Å²) >= 11 is 0. The van der Waals surface area contributed by atoms with Crippen molar-refractivity contribution in [3.05, 3.63) is 13.2 Å². The highest BCUT2D eigenvalue weighted by molar-refractivity contribution is 5.77. The van der Waals surface area contributed by atoms with Crippen molar-refractivity contribution < 1.29 is 20.1 Å². The van der Waals surface area contributed by atoms with Gasteiger partial charge in [0.05, 0.1) is 13.2 Å². The van der Waals surface area contributed by atoms with Gasteiger partial charge in [-0.05, 0) is 13.8 Å². The first kappa shape index (κ1) is 18.0. The molecule has 0 radical (unpaired) electrons. The highest BCUT2D eigenvalue weighted by atomic mass is 16.4. The monoisotopic (exact) mass is 193 g/mol. The molecule has 0 atom stereocenters. The van der Waals surface area contributed by atoms with Crippen molar-refractivity contribution in [1.29, 1.82) is 0 Å². The van der Waals surface area contributed by atoms with E-state index < -0.39 is 11.5 Å². The smallest absolute Gasteiger partial charge is 0.323 e. The number of aliphatic carboxylic acids is 1. The molecule has 0 rings (SSSR count). The first-order chi connectivity index (χ1) is 5.86.